The van der Waals surface area contributed by atoms with Crippen molar-refractivity contribution >= 4 is 23.4 Å². The molecular weight excluding hydrogens is 354 g/mol. The van der Waals surface area contributed by atoms with Crippen molar-refractivity contribution in [3.05, 3.63) is 30.1 Å². The van der Waals surface area contributed by atoms with E-state index in [-0.39, 0.29) is 11.7 Å². The van der Waals surface area contributed by atoms with Gasteiger partial charge < -0.3 is 24.3 Å². The van der Waals surface area contributed by atoms with Crippen LogP contribution in [0.25, 0.3) is 0 Å². The molecule has 0 unspecified atom stereocenters. The third kappa shape index (κ3) is 4.96. The molecule has 3 rings (SSSR count). The summed E-state index contributed by atoms with van der Waals surface area (Å²) >= 11 is 1.38. The van der Waals surface area contributed by atoms with Crippen LogP contribution in [0.2, 0.25) is 0 Å². The zero-order valence-electron chi connectivity index (χ0n) is 15.0. The fourth-order valence-electron chi connectivity index (χ4n) is 2.71. The second kappa shape index (κ2) is 9.02. The minimum absolute atomic E-state index is 0.0911. The fourth-order valence-corrected chi connectivity index (χ4v) is 3.44. The first kappa shape index (κ1) is 18.7. The first-order valence-corrected chi connectivity index (χ1v) is 9.50. The van der Waals surface area contributed by atoms with Crippen LogP contribution >= 0.6 is 11.8 Å². The van der Waals surface area contributed by atoms with Crippen molar-refractivity contribution < 1.29 is 19.2 Å². The Kier molecular flexibility index (Phi) is 6.48. The Morgan fingerprint density at radius 1 is 1.38 bits per heavy atom. The number of quaternary nitrogens is 1. The number of aromatic nitrogens is 3. The van der Waals surface area contributed by atoms with E-state index < -0.39 is 0 Å². The fraction of sp³-hybridized carbons (Fsp3) is 0.471. The van der Waals surface area contributed by atoms with Crippen molar-refractivity contribution in [2.45, 2.75) is 11.7 Å². The third-order valence-electron chi connectivity index (χ3n) is 4.22. The molecule has 2 N–H and O–H groups in total. The van der Waals surface area contributed by atoms with Crippen LogP contribution in [-0.4, -0.2) is 59.8 Å². The van der Waals surface area contributed by atoms with Crippen molar-refractivity contribution in [2.75, 3.05) is 44.5 Å². The lowest BCUT2D eigenvalue weighted by Crippen LogP contribution is -3.12. The SMILES string of the molecule is COc1cccc(NC(=O)CSc2nnc(C[NH+]3CCOCC3)n2C)c1. The largest absolute Gasteiger partial charge is 0.497 e. The molecule has 8 nitrogen and oxygen atoms in total. The average molecular weight is 378 g/mol. The number of nitrogens with zero attached hydrogens (tertiary/aromatic N) is 3. The van der Waals surface area contributed by atoms with Crippen LogP contribution < -0.4 is 15.0 Å². The highest BCUT2D eigenvalue weighted by atomic mass is 32.2. The van der Waals surface area contributed by atoms with Gasteiger partial charge in [0.1, 0.15) is 25.4 Å². The number of methoxy groups -OCH3 is 1. The molecule has 0 radical (unpaired) electrons. The molecule has 1 amide bonds. The zero-order valence-corrected chi connectivity index (χ0v) is 15.8. The normalized spacial score (nSPS) is 15.0. The third-order valence-corrected chi connectivity index (χ3v) is 5.24. The maximum Gasteiger partial charge on any atom is 0.234 e. The number of thioether (sulfide) groups is 1. The molecule has 0 spiro atoms. The van der Waals surface area contributed by atoms with Crippen LogP contribution in [0.5, 0.6) is 5.75 Å². The Morgan fingerprint density at radius 2 is 2.19 bits per heavy atom. The van der Waals surface area contributed by atoms with E-state index in [0.29, 0.717) is 11.4 Å². The summed E-state index contributed by atoms with van der Waals surface area (Å²) in [5.74, 6) is 1.82. The lowest BCUT2D eigenvalue weighted by molar-refractivity contribution is -0.922. The first-order chi connectivity index (χ1) is 12.7. The number of carbonyl (C=O) groups excluding carboxylic acids is 1. The van der Waals surface area contributed by atoms with Crippen molar-refractivity contribution in [2.24, 2.45) is 7.05 Å². The van der Waals surface area contributed by atoms with Gasteiger partial charge in [-0.1, -0.05) is 17.8 Å². The van der Waals surface area contributed by atoms with Gasteiger partial charge >= 0.3 is 0 Å². The van der Waals surface area contributed by atoms with Gasteiger partial charge in [0.25, 0.3) is 0 Å². The number of hydrogen-bond donors (Lipinski definition) is 2. The van der Waals surface area contributed by atoms with Gasteiger partial charge in [-0.15, -0.1) is 10.2 Å². The molecule has 26 heavy (non-hydrogen) atoms. The van der Waals surface area contributed by atoms with Crippen molar-refractivity contribution in [3.63, 3.8) is 0 Å². The monoisotopic (exact) mass is 378 g/mol. The van der Waals surface area contributed by atoms with Crippen LogP contribution in [0.3, 0.4) is 0 Å². The minimum Gasteiger partial charge on any atom is -0.497 e. The summed E-state index contributed by atoms with van der Waals surface area (Å²) in [4.78, 5) is 13.6. The Morgan fingerprint density at radius 3 is 2.96 bits per heavy atom. The predicted molar refractivity (Wildman–Crippen MR) is 98.6 cm³/mol. The molecule has 9 heteroatoms. The number of carbonyl (C=O) groups is 1. The molecule has 2 heterocycles. The molecule has 0 saturated carbocycles. The molecule has 140 valence electrons. The lowest BCUT2D eigenvalue weighted by atomic mass is 10.3. The highest BCUT2D eigenvalue weighted by Crippen LogP contribution is 2.19. The standard InChI is InChI=1S/C17H23N5O3S/c1-21-15(11-22-6-8-25-9-7-22)19-20-17(21)26-12-16(23)18-13-4-3-5-14(10-13)24-2/h3-5,10H,6-9,11-12H2,1-2H3,(H,18,23)/p+1. The molecule has 1 aromatic heterocycles. The maximum atomic E-state index is 12.2. The topological polar surface area (TPSA) is 82.7 Å². The van der Waals surface area contributed by atoms with Gasteiger partial charge in [-0.25, -0.2) is 0 Å². The van der Waals surface area contributed by atoms with Gasteiger partial charge in [0.15, 0.2) is 11.0 Å². The second-order valence-corrected chi connectivity index (χ2v) is 7.01. The van der Waals surface area contributed by atoms with Gasteiger partial charge in [-0.3, -0.25) is 4.79 Å². The Hall–Kier alpha value is -2.10. The highest BCUT2D eigenvalue weighted by molar-refractivity contribution is 7.99. The number of anilines is 1. The Bertz CT molecular complexity index is 746. The Balaban J connectivity index is 1.51. The van der Waals surface area contributed by atoms with E-state index in [1.807, 2.05) is 29.8 Å². The molecule has 0 aliphatic carbocycles. The molecule has 0 atom stereocenters. The van der Waals surface area contributed by atoms with Gasteiger partial charge in [-0.05, 0) is 12.1 Å². The molecule has 1 saturated heterocycles. The number of morpholine rings is 1. The van der Waals surface area contributed by atoms with E-state index in [1.165, 1.54) is 16.7 Å². The summed E-state index contributed by atoms with van der Waals surface area (Å²) in [5.41, 5.74) is 0.713. The van der Waals surface area contributed by atoms with Crippen molar-refractivity contribution in [3.8, 4) is 5.75 Å². The van der Waals surface area contributed by atoms with Crippen LogP contribution in [0, 0.1) is 0 Å². The van der Waals surface area contributed by atoms with E-state index in [4.69, 9.17) is 9.47 Å². The van der Waals surface area contributed by atoms with Crippen LogP contribution in [0.4, 0.5) is 5.69 Å². The van der Waals surface area contributed by atoms with E-state index in [1.54, 1.807) is 13.2 Å². The zero-order chi connectivity index (χ0) is 18.4. The van der Waals surface area contributed by atoms with Gasteiger partial charge in [0.2, 0.25) is 5.91 Å². The van der Waals surface area contributed by atoms with Crippen molar-refractivity contribution in [1.29, 1.82) is 0 Å². The predicted octanol–water partition coefficient (Wildman–Crippen LogP) is -0.0304. The summed E-state index contributed by atoms with van der Waals surface area (Å²) < 4.78 is 12.5. The highest BCUT2D eigenvalue weighted by Gasteiger charge is 2.19. The summed E-state index contributed by atoms with van der Waals surface area (Å²) in [6.45, 7) is 4.37. The minimum atomic E-state index is -0.0911. The smallest absolute Gasteiger partial charge is 0.234 e. The average Bonchev–Trinajstić information content (AvgIpc) is 3.01. The Labute approximate surface area is 156 Å². The first-order valence-electron chi connectivity index (χ1n) is 8.52. The number of ether oxygens (including phenoxy) is 2. The van der Waals surface area contributed by atoms with Crippen LogP contribution in [0.1, 0.15) is 5.82 Å². The molecule has 1 aliphatic heterocycles. The summed E-state index contributed by atoms with van der Waals surface area (Å²) in [6.07, 6.45) is 0. The molecule has 2 aromatic rings. The number of amides is 1. The van der Waals surface area contributed by atoms with Gasteiger partial charge in [-0.2, -0.15) is 0 Å². The van der Waals surface area contributed by atoms with Crippen molar-refractivity contribution in [1.82, 2.24) is 14.8 Å². The number of hydrogen-bond acceptors (Lipinski definition) is 6. The summed E-state index contributed by atoms with van der Waals surface area (Å²) in [7, 11) is 3.54. The molecule has 1 aliphatic rings. The van der Waals surface area contributed by atoms with E-state index in [9.17, 15) is 4.79 Å². The molecular formula is C17H24N5O3S+. The summed E-state index contributed by atoms with van der Waals surface area (Å²) in [5, 5.41) is 12.1. The lowest BCUT2D eigenvalue weighted by Gasteiger charge is -2.23. The van der Waals surface area contributed by atoms with Crippen LogP contribution in [-0.2, 0) is 23.1 Å². The van der Waals surface area contributed by atoms with E-state index in [2.05, 4.69) is 15.5 Å². The number of rotatable bonds is 7. The number of nitrogens with one attached hydrogen (secondary N) is 2. The second-order valence-electron chi connectivity index (χ2n) is 6.07. The van der Waals surface area contributed by atoms with E-state index >= 15 is 0 Å². The summed E-state index contributed by atoms with van der Waals surface area (Å²) in [6, 6.07) is 7.29. The molecule has 0 bridgehead atoms. The maximum absolute atomic E-state index is 12.2. The molecule has 1 fully saturated rings. The quantitative estimate of drug-likeness (QED) is 0.659. The van der Waals surface area contributed by atoms with Gasteiger partial charge in [0.05, 0.1) is 26.1 Å². The van der Waals surface area contributed by atoms with Gasteiger partial charge in [0, 0.05) is 18.8 Å². The molecule has 1 aromatic carbocycles. The van der Waals surface area contributed by atoms with Crippen LogP contribution in [0.15, 0.2) is 29.4 Å². The number of benzene rings is 1. The van der Waals surface area contributed by atoms with E-state index in [0.717, 1.165) is 43.8 Å².